The summed E-state index contributed by atoms with van der Waals surface area (Å²) in [6.07, 6.45) is 2.04. The summed E-state index contributed by atoms with van der Waals surface area (Å²) in [5.41, 5.74) is 8.62. The van der Waals surface area contributed by atoms with Crippen LogP contribution >= 0.6 is 0 Å². The average molecular weight is 353 g/mol. The van der Waals surface area contributed by atoms with Crippen molar-refractivity contribution in [2.24, 2.45) is 0 Å². The van der Waals surface area contributed by atoms with Crippen molar-refractivity contribution in [3.05, 3.63) is 59.2 Å². The number of hydrogen-bond acceptors (Lipinski definition) is 4. The molecule has 0 aromatic heterocycles. The molecule has 26 heavy (non-hydrogen) atoms. The van der Waals surface area contributed by atoms with Gasteiger partial charge in [0.15, 0.2) is 0 Å². The Morgan fingerprint density at radius 3 is 2.77 bits per heavy atom. The van der Waals surface area contributed by atoms with Crippen LogP contribution in [0.4, 0.5) is 5.69 Å². The molecule has 0 saturated heterocycles. The molecule has 0 unspecified atom stereocenters. The lowest BCUT2D eigenvalue weighted by molar-refractivity contribution is -0.120. The van der Waals surface area contributed by atoms with Crippen LogP contribution in [-0.2, 0) is 11.2 Å². The molecule has 2 amide bonds. The number of amides is 2. The Morgan fingerprint density at radius 2 is 1.96 bits per heavy atom. The minimum Gasteiger partial charge on any atom is -0.496 e. The lowest BCUT2D eigenvalue weighted by atomic mass is 10.0. The van der Waals surface area contributed by atoms with Crippen molar-refractivity contribution in [1.29, 1.82) is 0 Å². The van der Waals surface area contributed by atoms with Crippen molar-refractivity contribution in [3.8, 4) is 5.75 Å². The lowest BCUT2D eigenvalue weighted by Gasteiger charge is -2.30. The summed E-state index contributed by atoms with van der Waals surface area (Å²) in [5, 5.41) is 0. The number of carbonyl (C=O) groups is 2. The van der Waals surface area contributed by atoms with E-state index in [1.54, 1.807) is 12.1 Å². The number of hydrazine groups is 1. The summed E-state index contributed by atoms with van der Waals surface area (Å²) in [5.74, 6) is -0.202. The normalized spacial score (nSPS) is 12.9. The van der Waals surface area contributed by atoms with Gasteiger partial charge in [0, 0.05) is 12.2 Å². The first-order valence-electron chi connectivity index (χ1n) is 8.65. The molecule has 0 radical (unpaired) electrons. The maximum Gasteiger partial charge on any atom is 0.273 e. The van der Waals surface area contributed by atoms with Gasteiger partial charge in [0.2, 0.25) is 0 Å². The topological polar surface area (TPSA) is 70.7 Å². The number of fused-ring (bicyclic) bond motifs is 1. The minimum absolute atomic E-state index is 0.197. The molecule has 2 N–H and O–H groups in total. The quantitative estimate of drug-likeness (QED) is 0.827. The van der Waals surface area contributed by atoms with Gasteiger partial charge in [-0.3, -0.25) is 20.4 Å². The highest BCUT2D eigenvalue weighted by molar-refractivity contribution is 5.98. The van der Waals surface area contributed by atoms with Gasteiger partial charge >= 0.3 is 0 Å². The number of nitrogens with one attached hydrogen (secondary N) is 2. The number of rotatable bonds is 4. The van der Waals surface area contributed by atoms with Gasteiger partial charge in [-0.2, -0.15) is 0 Å². The SMILES string of the molecule is COc1ccc(C)cc1C(=O)NNC(=O)CN1CCCc2ccccc21. The van der Waals surface area contributed by atoms with Gasteiger partial charge in [-0.1, -0.05) is 29.8 Å². The second-order valence-corrected chi connectivity index (χ2v) is 6.36. The molecule has 2 aromatic carbocycles. The van der Waals surface area contributed by atoms with Gasteiger partial charge in [-0.05, 0) is 43.5 Å². The Balaban J connectivity index is 1.60. The number of hydrogen-bond donors (Lipinski definition) is 2. The molecule has 0 atom stereocenters. The number of aryl methyl sites for hydroxylation is 2. The van der Waals surface area contributed by atoms with Gasteiger partial charge < -0.3 is 9.64 Å². The van der Waals surface area contributed by atoms with Gasteiger partial charge in [-0.15, -0.1) is 0 Å². The van der Waals surface area contributed by atoms with E-state index in [9.17, 15) is 9.59 Å². The molecule has 0 spiro atoms. The van der Waals surface area contributed by atoms with Crippen molar-refractivity contribution in [2.45, 2.75) is 19.8 Å². The van der Waals surface area contributed by atoms with E-state index < -0.39 is 5.91 Å². The first-order chi connectivity index (χ1) is 12.6. The molecule has 6 heteroatoms. The third kappa shape index (κ3) is 3.96. The van der Waals surface area contributed by atoms with Crippen LogP contribution in [0.1, 0.15) is 27.9 Å². The Kier molecular flexibility index (Phi) is 5.41. The Hall–Kier alpha value is -3.02. The minimum atomic E-state index is -0.405. The van der Waals surface area contributed by atoms with Gasteiger partial charge in [0.05, 0.1) is 19.2 Å². The van der Waals surface area contributed by atoms with E-state index in [1.165, 1.54) is 12.7 Å². The van der Waals surface area contributed by atoms with Gasteiger partial charge in [-0.25, -0.2) is 0 Å². The van der Waals surface area contributed by atoms with E-state index in [0.29, 0.717) is 11.3 Å². The fourth-order valence-electron chi connectivity index (χ4n) is 3.18. The van der Waals surface area contributed by atoms with Crippen molar-refractivity contribution < 1.29 is 14.3 Å². The van der Waals surface area contributed by atoms with Crippen LogP contribution in [-0.4, -0.2) is 32.0 Å². The van der Waals surface area contributed by atoms with Crippen LogP contribution in [0, 0.1) is 6.92 Å². The first kappa shape index (κ1) is 17.8. The molecule has 6 nitrogen and oxygen atoms in total. The Bertz CT molecular complexity index is 820. The molecule has 1 heterocycles. The van der Waals surface area contributed by atoms with Crippen LogP contribution in [0.3, 0.4) is 0 Å². The Labute approximate surface area is 153 Å². The number of para-hydroxylation sites is 1. The molecule has 0 fully saturated rings. The summed E-state index contributed by atoms with van der Waals surface area (Å²) in [4.78, 5) is 26.7. The zero-order valence-corrected chi connectivity index (χ0v) is 15.0. The van der Waals surface area contributed by atoms with Crippen molar-refractivity contribution in [1.82, 2.24) is 10.9 Å². The molecule has 3 rings (SSSR count). The molecule has 1 aliphatic heterocycles. The van der Waals surface area contributed by atoms with E-state index in [-0.39, 0.29) is 12.5 Å². The van der Waals surface area contributed by atoms with Crippen LogP contribution in [0.25, 0.3) is 0 Å². The van der Waals surface area contributed by atoms with Crippen LogP contribution < -0.4 is 20.5 Å². The van der Waals surface area contributed by atoms with E-state index in [0.717, 1.165) is 30.6 Å². The highest BCUT2D eigenvalue weighted by atomic mass is 16.5. The zero-order valence-electron chi connectivity index (χ0n) is 15.0. The molecule has 136 valence electrons. The summed E-state index contributed by atoms with van der Waals surface area (Å²) in [6, 6.07) is 13.4. The predicted octanol–water partition coefficient (Wildman–Crippen LogP) is 2.22. The third-order valence-corrected chi connectivity index (χ3v) is 4.46. The third-order valence-electron chi connectivity index (χ3n) is 4.46. The first-order valence-corrected chi connectivity index (χ1v) is 8.65. The smallest absolute Gasteiger partial charge is 0.273 e. The molecule has 2 aromatic rings. The number of carbonyl (C=O) groups excluding carboxylic acids is 2. The molecule has 0 saturated carbocycles. The zero-order chi connectivity index (χ0) is 18.5. The van der Waals surface area contributed by atoms with E-state index in [2.05, 4.69) is 16.9 Å². The van der Waals surface area contributed by atoms with Crippen molar-refractivity contribution >= 4 is 17.5 Å². The average Bonchev–Trinajstić information content (AvgIpc) is 2.66. The number of ether oxygens (including phenoxy) is 1. The van der Waals surface area contributed by atoms with Crippen LogP contribution in [0.15, 0.2) is 42.5 Å². The number of benzene rings is 2. The second kappa shape index (κ2) is 7.91. The Morgan fingerprint density at radius 1 is 1.15 bits per heavy atom. The molecular weight excluding hydrogens is 330 g/mol. The summed E-state index contributed by atoms with van der Waals surface area (Å²) < 4.78 is 5.21. The highest BCUT2D eigenvalue weighted by Gasteiger charge is 2.19. The fraction of sp³-hybridized carbons (Fsp3) is 0.300. The van der Waals surface area contributed by atoms with Crippen molar-refractivity contribution in [3.63, 3.8) is 0 Å². The van der Waals surface area contributed by atoms with Crippen LogP contribution in [0.2, 0.25) is 0 Å². The number of methoxy groups -OCH3 is 1. The van der Waals surface area contributed by atoms with E-state index in [1.807, 2.05) is 36.1 Å². The maximum absolute atomic E-state index is 12.4. The fourth-order valence-corrected chi connectivity index (χ4v) is 3.18. The van der Waals surface area contributed by atoms with Crippen LogP contribution in [0.5, 0.6) is 5.75 Å². The predicted molar refractivity (Wildman–Crippen MR) is 100 cm³/mol. The molecule has 0 bridgehead atoms. The number of anilines is 1. The summed E-state index contributed by atoms with van der Waals surface area (Å²) >= 11 is 0. The van der Waals surface area contributed by atoms with E-state index >= 15 is 0 Å². The molecular formula is C20H23N3O3. The second-order valence-electron chi connectivity index (χ2n) is 6.36. The van der Waals surface area contributed by atoms with Crippen molar-refractivity contribution in [2.75, 3.05) is 25.1 Å². The van der Waals surface area contributed by atoms with E-state index in [4.69, 9.17) is 4.74 Å². The molecule has 0 aliphatic carbocycles. The monoisotopic (exact) mass is 353 g/mol. The lowest BCUT2D eigenvalue weighted by Crippen LogP contribution is -2.47. The highest BCUT2D eigenvalue weighted by Crippen LogP contribution is 2.26. The summed E-state index contributed by atoms with van der Waals surface area (Å²) in [7, 11) is 1.51. The largest absolute Gasteiger partial charge is 0.496 e. The maximum atomic E-state index is 12.4. The van der Waals surface area contributed by atoms with Gasteiger partial charge in [0.1, 0.15) is 5.75 Å². The standard InChI is InChI=1S/C20H23N3O3/c1-14-9-10-18(26-2)16(12-14)20(25)22-21-19(24)13-23-11-5-7-15-6-3-4-8-17(15)23/h3-4,6,8-10,12H,5,7,11,13H2,1-2H3,(H,21,24)(H,22,25). The van der Waals surface area contributed by atoms with Gasteiger partial charge in [0.25, 0.3) is 11.8 Å². The number of nitrogens with zero attached hydrogens (tertiary/aromatic N) is 1. The molecule has 1 aliphatic rings. The summed E-state index contributed by atoms with van der Waals surface area (Å²) in [6.45, 7) is 2.91.